The van der Waals surface area contributed by atoms with Gasteiger partial charge in [0.1, 0.15) is 5.82 Å². The van der Waals surface area contributed by atoms with Gasteiger partial charge in [-0.2, -0.15) is 0 Å². The summed E-state index contributed by atoms with van der Waals surface area (Å²) in [5.74, 6) is 1.07. The molecule has 0 atom stereocenters. The van der Waals surface area contributed by atoms with Gasteiger partial charge in [0.05, 0.1) is 12.9 Å². The van der Waals surface area contributed by atoms with Gasteiger partial charge in [-0.3, -0.25) is 0 Å². The highest BCUT2D eigenvalue weighted by Crippen LogP contribution is 1.98. The molecule has 0 spiro atoms. The van der Waals surface area contributed by atoms with Gasteiger partial charge in [-0.1, -0.05) is 0 Å². The van der Waals surface area contributed by atoms with Gasteiger partial charge in [-0.05, 0) is 7.05 Å². The standard InChI is InChI=1S/C10H15N5/c1-11-8-10-13-3-5-15(10)7-6-14-4-2-12-9-14/h2-5,9,11H,6-8H2,1H3. The molecule has 0 aromatic carbocycles. The van der Waals surface area contributed by atoms with Gasteiger partial charge in [0.15, 0.2) is 0 Å². The molecule has 1 N–H and O–H groups in total. The third kappa shape index (κ3) is 2.44. The van der Waals surface area contributed by atoms with Gasteiger partial charge in [-0.15, -0.1) is 0 Å². The van der Waals surface area contributed by atoms with Crippen LogP contribution in [-0.2, 0) is 19.6 Å². The number of aromatic nitrogens is 4. The van der Waals surface area contributed by atoms with Gasteiger partial charge in [-0.25, -0.2) is 9.97 Å². The molecule has 0 bridgehead atoms. The van der Waals surface area contributed by atoms with E-state index in [0.717, 1.165) is 25.5 Å². The Hall–Kier alpha value is -1.62. The molecule has 5 nitrogen and oxygen atoms in total. The fourth-order valence-electron chi connectivity index (χ4n) is 1.51. The van der Waals surface area contributed by atoms with E-state index in [9.17, 15) is 0 Å². The van der Waals surface area contributed by atoms with E-state index in [1.807, 2.05) is 32.0 Å². The molecule has 15 heavy (non-hydrogen) atoms. The lowest BCUT2D eigenvalue weighted by Gasteiger charge is -2.07. The zero-order valence-electron chi connectivity index (χ0n) is 8.80. The molecular formula is C10H15N5. The van der Waals surface area contributed by atoms with Gasteiger partial charge < -0.3 is 14.5 Å². The monoisotopic (exact) mass is 205 g/mol. The van der Waals surface area contributed by atoms with E-state index in [0.29, 0.717) is 0 Å². The third-order valence-corrected chi connectivity index (χ3v) is 2.29. The van der Waals surface area contributed by atoms with E-state index in [4.69, 9.17) is 0 Å². The average Bonchev–Trinajstić information content (AvgIpc) is 2.85. The number of aryl methyl sites for hydroxylation is 2. The summed E-state index contributed by atoms with van der Waals surface area (Å²) >= 11 is 0. The van der Waals surface area contributed by atoms with Gasteiger partial charge in [0.25, 0.3) is 0 Å². The van der Waals surface area contributed by atoms with Crippen LogP contribution in [0.25, 0.3) is 0 Å². The maximum absolute atomic E-state index is 4.28. The third-order valence-electron chi connectivity index (χ3n) is 2.29. The van der Waals surface area contributed by atoms with Crippen LogP contribution in [-0.4, -0.2) is 26.1 Å². The molecule has 0 aliphatic carbocycles. The van der Waals surface area contributed by atoms with Crippen molar-refractivity contribution < 1.29 is 0 Å². The molecule has 80 valence electrons. The van der Waals surface area contributed by atoms with Crippen molar-refractivity contribution >= 4 is 0 Å². The largest absolute Gasteiger partial charge is 0.336 e. The molecule has 0 unspecified atom stereocenters. The van der Waals surface area contributed by atoms with E-state index in [1.165, 1.54) is 0 Å². The molecule has 2 aromatic heterocycles. The highest BCUT2D eigenvalue weighted by molar-refractivity contribution is 4.91. The fourth-order valence-corrected chi connectivity index (χ4v) is 1.51. The number of hydrogen-bond acceptors (Lipinski definition) is 3. The first-order valence-corrected chi connectivity index (χ1v) is 5.00. The Morgan fingerprint density at radius 1 is 1.27 bits per heavy atom. The Labute approximate surface area is 88.8 Å². The van der Waals surface area contributed by atoms with Crippen molar-refractivity contribution in [3.63, 3.8) is 0 Å². The Morgan fingerprint density at radius 2 is 2.20 bits per heavy atom. The summed E-state index contributed by atoms with van der Waals surface area (Å²) in [5, 5.41) is 3.10. The van der Waals surface area contributed by atoms with Crippen LogP contribution in [0, 0.1) is 0 Å². The van der Waals surface area contributed by atoms with E-state index in [2.05, 4.69) is 24.4 Å². The molecule has 2 rings (SSSR count). The quantitative estimate of drug-likeness (QED) is 0.773. The van der Waals surface area contributed by atoms with Crippen LogP contribution < -0.4 is 5.32 Å². The minimum absolute atomic E-state index is 0.803. The first kappa shape index (κ1) is 9.92. The zero-order valence-corrected chi connectivity index (χ0v) is 8.80. The van der Waals surface area contributed by atoms with Crippen molar-refractivity contribution in [1.82, 2.24) is 24.4 Å². The molecule has 0 aliphatic heterocycles. The van der Waals surface area contributed by atoms with Gasteiger partial charge >= 0.3 is 0 Å². The summed E-state index contributed by atoms with van der Waals surface area (Å²) in [6, 6.07) is 0. The Morgan fingerprint density at radius 3 is 2.93 bits per heavy atom. The Kier molecular flexibility index (Phi) is 3.14. The van der Waals surface area contributed by atoms with Crippen LogP contribution in [0.15, 0.2) is 31.1 Å². The fraction of sp³-hybridized carbons (Fsp3) is 0.400. The lowest BCUT2D eigenvalue weighted by atomic mass is 10.5. The first-order chi connectivity index (χ1) is 7.40. The summed E-state index contributed by atoms with van der Waals surface area (Å²) in [7, 11) is 1.93. The first-order valence-electron chi connectivity index (χ1n) is 5.00. The predicted molar refractivity (Wildman–Crippen MR) is 57.2 cm³/mol. The van der Waals surface area contributed by atoms with Crippen LogP contribution in [0.5, 0.6) is 0 Å². The molecule has 0 fully saturated rings. The number of nitrogens with one attached hydrogen (secondary N) is 1. The average molecular weight is 205 g/mol. The van der Waals surface area contributed by atoms with Crippen LogP contribution in [0.4, 0.5) is 0 Å². The molecule has 5 heteroatoms. The lowest BCUT2D eigenvalue weighted by molar-refractivity contribution is 0.550. The maximum atomic E-state index is 4.28. The molecule has 2 heterocycles. The van der Waals surface area contributed by atoms with Crippen molar-refractivity contribution in [2.24, 2.45) is 0 Å². The van der Waals surface area contributed by atoms with E-state index < -0.39 is 0 Å². The summed E-state index contributed by atoms with van der Waals surface area (Å²) in [6.07, 6.45) is 9.43. The molecule has 0 saturated heterocycles. The number of rotatable bonds is 5. The van der Waals surface area contributed by atoms with E-state index >= 15 is 0 Å². The lowest BCUT2D eigenvalue weighted by Crippen LogP contribution is -2.14. The number of imidazole rings is 2. The minimum Gasteiger partial charge on any atom is -0.336 e. The van der Waals surface area contributed by atoms with Crippen LogP contribution in [0.1, 0.15) is 5.82 Å². The highest BCUT2D eigenvalue weighted by atomic mass is 15.1. The second-order valence-corrected chi connectivity index (χ2v) is 3.37. The SMILES string of the molecule is CNCc1nccn1CCn1ccnc1. The Balaban J connectivity index is 1.95. The predicted octanol–water partition coefficient (Wildman–Crippen LogP) is 0.499. The highest BCUT2D eigenvalue weighted by Gasteiger charge is 2.00. The van der Waals surface area contributed by atoms with Crippen LogP contribution >= 0.6 is 0 Å². The molecule has 0 aliphatic rings. The van der Waals surface area contributed by atoms with Crippen molar-refractivity contribution in [2.75, 3.05) is 7.05 Å². The van der Waals surface area contributed by atoms with Crippen LogP contribution in [0.3, 0.4) is 0 Å². The smallest absolute Gasteiger partial charge is 0.122 e. The van der Waals surface area contributed by atoms with Crippen LogP contribution in [0.2, 0.25) is 0 Å². The van der Waals surface area contributed by atoms with Crippen molar-refractivity contribution in [3.8, 4) is 0 Å². The molecule has 0 amide bonds. The summed E-state index contributed by atoms with van der Waals surface area (Å²) in [5.41, 5.74) is 0. The van der Waals surface area contributed by atoms with Gasteiger partial charge in [0, 0.05) is 37.9 Å². The van der Waals surface area contributed by atoms with E-state index in [1.54, 1.807) is 6.20 Å². The van der Waals surface area contributed by atoms with E-state index in [-0.39, 0.29) is 0 Å². The second-order valence-electron chi connectivity index (χ2n) is 3.37. The van der Waals surface area contributed by atoms with Crippen molar-refractivity contribution in [2.45, 2.75) is 19.6 Å². The molecule has 0 saturated carbocycles. The summed E-state index contributed by atoms with van der Waals surface area (Å²) < 4.78 is 4.21. The summed E-state index contributed by atoms with van der Waals surface area (Å²) in [4.78, 5) is 8.29. The normalized spacial score (nSPS) is 10.7. The topological polar surface area (TPSA) is 47.7 Å². The maximum Gasteiger partial charge on any atom is 0.122 e. The summed E-state index contributed by atoms with van der Waals surface area (Å²) in [6.45, 7) is 2.65. The number of nitrogens with zero attached hydrogens (tertiary/aromatic N) is 4. The van der Waals surface area contributed by atoms with Crippen molar-refractivity contribution in [1.29, 1.82) is 0 Å². The number of hydrogen-bond donors (Lipinski definition) is 1. The van der Waals surface area contributed by atoms with Crippen molar-refractivity contribution in [3.05, 3.63) is 36.9 Å². The minimum atomic E-state index is 0.803. The Bertz CT molecular complexity index is 390. The molecule has 0 radical (unpaired) electrons. The zero-order chi connectivity index (χ0) is 10.5. The van der Waals surface area contributed by atoms with Gasteiger partial charge in [0.2, 0.25) is 0 Å². The second kappa shape index (κ2) is 4.75. The molecular weight excluding hydrogens is 190 g/mol. The molecule has 2 aromatic rings.